The minimum atomic E-state index is -4.15. The lowest BCUT2D eigenvalue weighted by Gasteiger charge is -2.11. The van der Waals surface area contributed by atoms with Crippen molar-refractivity contribution in [3.63, 3.8) is 0 Å². The first-order valence-corrected chi connectivity index (χ1v) is 6.76. The second-order valence-electron chi connectivity index (χ2n) is 4.75. The molecular weight excluding hydrogens is 291 g/mol. The molecule has 2 aromatic rings. The van der Waals surface area contributed by atoms with Crippen LogP contribution in [0.1, 0.15) is 36.7 Å². The highest BCUT2D eigenvalue weighted by molar-refractivity contribution is 6.20. The maximum Gasteiger partial charge on any atom is 0.389 e. The average molecular weight is 306 g/mol. The van der Waals surface area contributed by atoms with Crippen LogP contribution in [0.25, 0.3) is 11.2 Å². The van der Waals surface area contributed by atoms with Gasteiger partial charge in [0.25, 0.3) is 0 Å². The molecule has 0 fully saturated rings. The molecule has 3 nitrogen and oxygen atoms in total. The van der Waals surface area contributed by atoms with Gasteiger partial charge in [0.05, 0.1) is 5.38 Å². The number of aromatic nitrogens is 3. The van der Waals surface area contributed by atoms with Crippen molar-refractivity contribution in [3.05, 3.63) is 23.7 Å². The van der Waals surface area contributed by atoms with Crippen molar-refractivity contribution < 1.29 is 13.2 Å². The minimum Gasteiger partial charge on any atom is -0.311 e. The second-order valence-corrected chi connectivity index (χ2v) is 5.41. The van der Waals surface area contributed by atoms with Crippen LogP contribution in [0.4, 0.5) is 13.2 Å². The van der Waals surface area contributed by atoms with E-state index in [4.69, 9.17) is 11.6 Å². The van der Waals surface area contributed by atoms with Gasteiger partial charge in [0.1, 0.15) is 11.3 Å². The van der Waals surface area contributed by atoms with E-state index in [9.17, 15) is 13.2 Å². The SMILES string of the molecule is Cc1ccc2nc(C(C)Cl)n(CCCC(F)(F)F)c2n1. The molecule has 2 rings (SSSR count). The molecule has 0 aliphatic carbocycles. The number of halogens is 4. The zero-order valence-corrected chi connectivity index (χ0v) is 12.0. The quantitative estimate of drug-likeness (QED) is 0.785. The van der Waals surface area contributed by atoms with E-state index in [1.54, 1.807) is 17.6 Å². The van der Waals surface area contributed by atoms with E-state index in [1.165, 1.54) is 0 Å². The van der Waals surface area contributed by atoms with Crippen molar-refractivity contribution >= 4 is 22.8 Å². The van der Waals surface area contributed by atoms with Gasteiger partial charge in [-0.3, -0.25) is 0 Å². The Labute approximate surface area is 119 Å². The normalized spacial score (nSPS) is 13.9. The maximum absolute atomic E-state index is 12.3. The summed E-state index contributed by atoms with van der Waals surface area (Å²) in [5, 5.41) is -0.379. The van der Waals surface area contributed by atoms with Crippen LogP contribution in [0, 0.1) is 6.92 Å². The molecule has 0 N–H and O–H groups in total. The first kappa shape index (κ1) is 15.1. The van der Waals surface area contributed by atoms with Gasteiger partial charge in [0.2, 0.25) is 0 Å². The molecule has 20 heavy (non-hydrogen) atoms. The summed E-state index contributed by atoms with van der Waals surface area (Å²) in [6.45, 7) is 3.78. The molecule has 0 radical (unpaired) electrons. The molecular formula is C13H15ClF3N3. The van der Waals surface area contributed by atoms with Gasteiger partial charge in [-0.2, -0.15) is 13.2 Å². The van der Waals surface area contributed by atoms with Crippen LogP contribution in [-0.4, -0.2) is 20.7 Å². The van der Waals surface area contributed by atoms with Gasteiger partial charge >= 0.3 is 6.18 Å². The second kappa shape index (κ2) is 5.60. The molecule has 0 saturated carbocycles. The van der Waals surface area contributed by atoms with Crippen LogP contribution < -0.4 is 0 Å². The molecule has 7 heteroatoms. The monoisotopic (exact) mass is 305 g/mol. The van der Waals surface area contributed by atoms with Gasteiger partial charge in [-0.05, 0) is 32.4 Å². The number of aryl methyl sites for hydroxylation is 2. The lowest BCUT2D eigenvalue weighted by Crippen LogP contribution is -2.11. The first-order valence-electron chi connectivity index (χ1n) is 6.32. The highest BCUT2D eigenvalue weighted by Gasteiger charge is 2.26. The van der Waals surface area contributed by atoms with E-state index in [0.29, 0.717) is 17.0 Å². The number of fused-ring (bicyclic) bond motifs is 1. The summed E-state index contributed by atoms with van der Waals surface area (Å²) in [5.41, 5.74) is 2.04. The van der Waals surface area contributed by atoms with Crippen LogP contribution in [-0.2, 0) is 6.54 Å². The molecule has 0 aliphatic heterocycles. The Morgan fingerprint density at radius 1 is 1.30 bits per heavy atom. The molecule has 0 bridgehead atoms. The van der Waals surface area contributed by atoms with Gasteiger partial charge < -0.3 is 4.57 Å². The minimum absolute atomic E-state index is 0.0127. The van der Waals surface area contributed by atoms with E-state index in [-0.39, 0.29) is 18.3 Å². The maximum atomic E-state index is 12.3. The predicted octanol–water partition coefficient (Wildman–Crippen LogP) is 4.38. The number of rotatable bonds is 4. The molecule has 0 aromatic carbocycles. The fourth-order valence-corrected chi connectivity index (χ4v) is 2.24. The van der Waals surface area contributed by atoms with E-state index >= 15 is 0 Å². The predicted molar refractivity (Wildman–Crippen MR) is 71.8 cm³/mol. The zero-order valence-electron chi connectivity index (χ0n) is 11.2. The Balaban J connectivity index is 2.33. The van der Waals surface area contributed by atoms with E-state index in [0.717, 1.165) is 5.69 Å². The number of pyridine rings is 1. The largest absolute Gasteiger partial charge is 0.389 e. The Kier molecular flexibility index (Phi) is 4.22. The molecule has 1 unspecified atom stereocenters. The Morgan fingerprint density at radius 2 is 2.00 bits per heavy atom. The number of alkyl halides is 4. The van der Waals surface area contributed by atoms with Gasteiger partial charge in [0, 0.05) is 18.7 Å². The third-order valence-electron chi connectivity index (χ3n) is 2.96. The van der Waals surface area contributed by atoms with Gasteiger partial charge in [-0.15, -0.1) is 11.6 Å². The van der Waals surface area contributed by atoms with Crippen LogP contribution >= 0.6 is 11.6 Å². The lowest BCUT2D eigenvalue weighted by molar-refractivity contribution is -0.135. The molecule has 1 atom stereocenters. The highest BCUT2D eigenvalue weighted by Crippen LogP contribution is 2.26. The molecule has 0 spiro atoms. The smallest absolute Gasteiger partial charge is 0.311 e. The fourth-order valence-electron chi connectivity index (χ4n) is 2.08. The summed E-state index contributed by atoms with van der Waals surface area (Å²) in [6, 6.07) is 3.62. The van der Waals surface area contributed by atoms with Crippen LogP contribution in [0.3, 0.4) is 0 Å². The standard InChI is InChI=1S/C13H15ClF3N3/c1-8-4-5-10-12(18-8)20(11(19-10)9(2)14)7-3-6-13(15,16)17/h4-5,9H,3,6-7H2,1-2H3. The van der Waals surface area contributed by atoms with Crippen molar-refractivity contribution in [2.75, 3.05) is 0 Å². The van der Waals surface area contributed by atoms with Crippen molar-refractivity contribution in [2.24, 2.45) is 0 Å². The molecule has 2 aromatic heterocycles. The number of nitrogens with zero attached hydrogens (tertiary/aromatic N) is 3. The van der Waals surface area contributed by atoms with Crippen molar-refractivity contribution in [2.45, 2.75) is 44.8 Å². The number of imidazole rings is 1. The van der Waals surface area contributed by atoms with E-state index in [1.807, 2.05) is 13.0 Å². The fraction of sp³-hybridized carbons (Fsp3) is 0.538. The lowest BCUT2D eigenvalue weighted by atomic mass is 10.3. The van der Waals surface area contributed by atoms with Crippen molar-refractivity contribution in [3.8, 4) is 0 Å². The van der Waals surface area contributed by atoms with Crippen molar-refractivity contribution in [1.82, 2.24) is 14.5 Å². The van der Waals surface area contributed by atoms with Crippen LogP contribution in [0.15, 0.2) is 12.1 Å². The summed E-state index contributed by atoms with van der Waals surface area (Å²) in [6.07, 6.45) is -4.98. The molecule has 110 valence electrons. The first-order chi connectivity index (χ1) is 9.28. The number of hydrogen-bond donors (Lipinski definition) is 0. The Morgan fingerprint density at radius 3 is 2.60 bits per heavy atom. The number of hydrogen-bond acceptors (Lipinski definition) is 2. The summed E-state index contributed by atoms with van der Waals surface area (Å²) in [7, 11) is 0. The third kappa shape index (κ3) is 3.42. The van der Waals surface area contributed by atoms with Gasteiger partial charge in [0.15, 0.2) is 5.65 Å². The topological polar surface area (TPSA) is 30.7 Å². The van der Waals surface area contributed by atoms with E-state index in [2.05, 4.69) is 9.97 Å². The summed E-state index contributed by atoms with van der Waals surface area (Å²) in [4.78, 5) is 8.71. The van der Waals surface area contributed by atoms with Gasteiger partial charge in [-0.25, -0.2) is 9.97 Å². The highest BCUT2D eigenvalue weighted by atomic mass is 35.5. The van der Waals surface area contributed by atoms with Crippen LogP contribution in [0.2, 0.25) is 0 Å². The molecule has 0 saturated heterocycles. The molecule has 0 amide bonds. The third-order valence-corrected chi connectivity index (χ3v) is 3.15. The Bertz CT molecular complexity index is 605. The van der Waals surface area contributed by atoms with Crippen LogP contribution in [0.5, 0.6) is 0 Å². The summed E-state index contributed by atoms with van der Waals surface area (Å²) in [5.74, 6) is 0.557. The molecule has 0 aliphatic rings. The summed E-state index contributed by atoms with van der Waals surface area (Å²) < 4.78 is 38.5. The molecule has 2 heterocycles. The van der Waals surface area contributed by atoms with E-state index < -0.39 is 12.6 Å². The van der Waals surface area contributed by atoms with Crippen molar-refractivity contribution in [1.29, 1.82) is 0 Å². The average Bonchev–Trinajstić information content (AvgIpc) is 2.66. The van der Waals surface area contributed by atoms with Gasteiger partial charge in [-0.1, -0.05) is 0 Å². The summed E-state index contributed by atoms with van der Waals surface area (Å²) >= 11 is 6.06. The zero-order chi connectivity index (χ0) is 14.9. The Hall–Kier alpha value is -1.30.